The van der Waals surface area contributed by atoms with E-state index in [0.29, 0.717) is 6.07 Å². The Morgan fingerprint density at radius 3 is 2.10 bits per heavy atom. The van der Waals surface area contributed by atoms with Gasteiger partial charge >= 0.3 is 5.97 Å². The summed E-state index contributed by atoms with van der Waals surface area (Å²) in [5, 5.41) is 2.07. The predicted octanol–water partition coefficient (Wildman–Crippen LogP) is 4.95. The standard InChI is InChI=1S/C22H16F3NO3/c1-13(21(27)26-18-12-11-17(23)19(24)20(18)25)29-22(28)16-9-7-15(8-10-16)14-5-3-2-4-6-14/h2-13H,1H3,(H,26,27). The van der Waals surface area contributed by atoms with Crippen LogP contribution in [-0.2, 0) is 9.53 Å². The van der Waals surface area contributed by atoms with Gasteiger partial charge in [-0.3, -0.25) is 4.79 Å². The number of hydrogen-bond donors (Lipinski definition) is 1. The Labute approximate surface area is 164 Å². The zero-order valence-corrected chi connectivity index (χ0v) is 15.3. The third-order valence-electron chi connectivity index (χ3n) is 4.17. The second-order valence-corrected chi connectivity index (χ2v) is 6.20. The lowest BCUT2D eigenvalue weighted by Gasteiger charge is -2.14. The van der Waals surface area contributed by atoms with Gasteiger partial charge in [-0.25, -0.2) is 18.0 Å². The lowest BCUT2D eigenvalue weighted by molar-refractivity contribution is -0.123. The lowest BCUT2D eigenvalue weighted by atomic mass is 10.0. The molecule has 0 aliphatic carbocycles. The van der Waals surface area contributed by atoms with Crippen molar-refractivity contribution in [3.8, 4) is 11.1 Å². The first-order valence-corrected chi connectivity index (χ1v) is 8.67. The fourth-order valence-electron chi connectivity index (χ4n) is 2.57. The molecule has 29 heavy (non-hydrogen) atoms. The van der Waals surface area contributed by atoms with E-state index in [0.717, 1.165) is 17.2 Å². The van der Waals surface area contributed by atoms with Gasteiger partial charge < -0.3 is 10.1 Å². The molecule has 0 spiro atoms. The summed E-state index contributed by atoms with van der Waals surface area (Å²) in [6, 6.07) is 17.7. The summed E-state index contributed by atoms with van der Waals surface area (Å²) in [5.74, 6) is -6.25. The maximum absolute atomic E-state index is 13.7. The number of nitrogens with one attached hydrogen (secondary N) is 1. The molecular weight excluding hydrogens is 383 g/mol. The van der Waals surface area contributed by atoms with E-state index >= 15 is 0 Å². The molecule has 0 fully saturated rings. The van der Waals surface area contributed by atoms with Gasteiger partial charge in [-0.05, 0) is 42.3 Å². The Hall–Kier alpha value is -3.61. The number of halogens is 3. The molecule has 0 aliphatic rings. The fourth-order valence-corrected chi connectivity index (χ4v) is 2.57. The topological polar surface area (TPSA) is 55.4 Å². The Kier molecular flexibility index (Phi) is 5.97. The van der Waals surface area contributed by atoms with E-state index in [9.17, 15) is 22.8 Å². The van der Waals surface area contributed by atoms with Crippen LogP contribution in [0, 0.1) is 17.5 Å². The van der Waals surface area contributed by atoms with Crippen molar-refractivity contribution in [1.29, 1.82) is 0 Å². The quantitative estimate of drug-likeness (QED) is 0.488. The molecule has 1 N–H and O–H groups in total. The van der Waals surface area contributed by atoms with Crippen molar-refractivity contribution in [2.75, 3.05) is 5.32 Å². The molecule has 3 rings (SSSR count). The van der Waals surface area contributed by atoms with Crippen molar-refractivity contribution in [2.45, 2.75) is 13.0 Å². The third-order valence-corrected chi connectivity index (χ3v) is 4.17. The summed E-state index contributed by atoms with van der Waals surface area (Å²) in [5.41, 5.74) is 1.56. The van der Waals surface area contributed by atoms with Gasteiger partial charge in [0.25, 0.3) is 5.91 Å². The summed E-state index contributed by atoms with van der Waals surface area (Å²) in [4.78, 5) is 24.3. The molecule has 0 saturated heterocycles. The van der Waals surface area contributed by atoms with E-state index in [1.807, 2.05) is 30.3 Å². The molecule has 1 amide bonds. The van der Waals surface area contributed by atoms with Gasteiger partial charge in [0.2, 0.25) is 0 Å². The third kappa shape index (κ3) is 4.63. The van der Waals surface area contributed by atoms with E-state index < -0.39 is 41.1 Å². The molecule has 0 radical (unpaired) electrons. The number of esters is 1. The van der Waals surface area contributed by atoms with Gasteiger partial charge in [0, 0.05) is 0 Å². The second-order valence-electron chi connectivity index (χ2n) is 6.20. The van der Waals surface area contributed by atoms with Crippen LogP contribution in [0.1, 0.15) is 17.3 Å². The van der Waals surface area contributed by atoms with E-state index in [2.05, 4.69) is 5.32 Å². The van der Waals surface area contributed by atoms with E-state index in [1.165, 1.54) is 6.92 Å². The van der Waals surface area contributed by atoms with Gasteiger partial charge in [0.15, 0.2) is 23.6 Å². The summed E-state index contributed by atoms with van der Waals surface area (Å²) in [6.45, 7) is 1.28. The molecule has 3 aromatic carbocycles. The minimum Gasteiger partial charge on any atom is -0.449 e. The molecule has 4 nitrogen and oxygen atoms in total. The minimum atomic E-state index is -1.70. The highest BCUT2D eigenvalue weighted by molar-refractivity contribution is 5.97. The van der Waals surface area contributed by atoms with Gasteiger partial charge in [-0.1, -0.05) is 42.5 Å². The Bertz CT molecular complexity index is 1040. The van der Waals surface area contributed by atoms with Crippen LogP contribution >= 0.6 is 0 Å². The SMILES string of the molecule is CC(OC(=O)c1ccc(-c2ccccc2)cc1)C(=O)Nc1ccc(F)c(F)c1F. The van der Waals surface area contributed by atoms with Crippen molar-refractivity contribution in [3.63, 3.8) is 0 Å². The number of carbonyl (C=O) groups is 2. The van der Waals surface area contributed by atoms with Crippen molar-refractivity contribution in [1.82, 2.24) is 0 Å². The molecule has 0 heterocycles. The minimum absolute atomic E-state index is 0.225. The van der Waals surface area contributed by atoms with Gasteiger partial charge in [-0.2, -0.15) is 0 Å². The average molecular weight is 399 g/mol. The second kappa shape index (κ2) is 8.60. The van der Waals surface area contributed by atoms with Crippen LogP contribution in [0.4, 0.5) is 18.9 Å². The zero-order valence-electron chi connectivity index (χ0n) is 15.3. The van der Waals surface area contributed by atoms with E-state index in [-0.39, 0.29) is 5.56 Å². The largest absolute Gasteiger partial charge is 0.449 e. The maximum atomic E-state index is 13.7. The zero-order chi connectivity index (χ0) is 21.0. The number of rotatable bonds is 5. The molecule has 1 atom stereocenters. The van der Waals surface area contributed by atoms with Crippen LogP contribution in [-0.4, -0.2) is 18.0 Å². The molecule has 0 saturated carbocycles. The van der Waals surface area contributed by atoms with Gasteiger partial charge in [0.05, 0.1) is 11.3 Å². The maximum Gasteiger partial charge on any atom is 0.338 e. The van der Waals surface area contributed by atoms with Crippen LogP contribution in [0.2, 0.25) is 0 Å². The molecule has 0 bridgehead atoms. The van der Waals surface area contributed by atoms with Gasteiger partial charge in [-0.15, -0.1) is 0 Å². The highest BCUT2D eigenvalue weighted by atomic mass is 19.2. The van der Waals surface area contributed by atoms with Crippen molar-refractivity contribution in [2.24, 2.45) is 0 Å². The predicted molar refractivity (Wildman–Crippen MR) is 102 cm³/mol. The summed E-state index contributed by atoms with van der Waals surface area (Å²) in [7, 11) is 0. The Balaban J connectivity index is 1.64. The highest BCUT2D eigenvalue weighted by Gasteiger charge is 2.22. The Morgan fingerprint density at radius 2 is 1.45 bits per heavy atom. The molecule has 7 heteroatoms. The van der Waals surface area contributed by atoms with Crippen molar-refractivity contribution >= 4 is 17.6 Å². The van der Waals surface area contributed by atoms with Crippen molar-refractivity contribution < 1.29 is 27.5 Å². The summed E-state index contributed by atoms with van der Waals surface area (Å²) < 4.78 is 44.9. The lowest BCUT2D eigenvalue weighted by Crippen LogP contribution is -2.30. The van der Waals surface area contributed by atoms with Gasteiger partial charge in [0.1, 0.15) is 0 Å². The number of benzene rings is 3. The first-order chi connectivity index (χ1) is 13.9. The molecule has 1 unspecified atom stereocenters. The highest BCUT2D eigenvalue weighted by Crippen LogP contribution is 2.21. The first-order valence-electron chi connectivity index (χ1n) is 8.67. The van der Waals surface area contributed by atoms with Crippen LogP contribution < -0.4 is 5.32 Å². The number of ether oxygens (including phenoxy) is 1. The number of carbonyl (C=O) groups excluding carboxylic acids is 2. The monoisotopic (exact) mass is 399 g/mol. The number of hydrogen-bond acceptors (Lipinski definition) is 3. The summed E-state index contributed by atoms with van der Waals surface area (Å²) >= 11 is 0. The Morgan fingerprint density at radius 1 is 0.828 bits per heavy atom. The molecule has 0 aromatic heterocycles. The normalized spacial score (nSPS) is 11.6. The van der Waals surface area contributed by atoms with E-state index in [4.69, 9.17) is 4.74 Å². The molecular formula is C22H16F3NO3. The molecule has 0 aliphatic heterocycles. The van der Waals surface area contributed by atoms with E-state index in [1.54, 1.807) is 24.3 Å². The number of anilines is 1. The molecule has 148 valence electrons. The first kappa shape index (κ1) is 20.1. The molecule has 3 aromatic rings. The smallest absolute Gasteiger partial charge is 0.338 e. The average Bonchev–Trinajstić information content (AvgIpc) is 2.74. The van der Waals surface area contributed by atoms with Crippen LogP contribution in [0.15, 0.2) is 66.7 Å². The fraction of sp³-hybridized carbons (Fsp3) is 0.0909. The van der Waals surface area contributed by atoms with Crippen LogP contribution in [0.5, 0.6) is 0 Å². The summed E-state index contributed by atoms with van der Waals surface area (Å²) in [6.07, 6.45) is -1.29. The van der Waals surface area contributed by atoms with Crippen LogP contribution in [0.3, 0.4) is 0 Å². The number of amides is 1. The van der Waals surface area contributed by atoms with Crippen molar-refractivity contribution in [3.05, 3.63) is 89.7 Å². The van der Waals surface area contributed by atoms with Crippen LogP contribution in [0.25, 0.3) is 11.1 Å².